The van der Waals surface area contributed by atoms with Crippen molar-refractivity contribution in [3.8, 4) is 0 Å². The van der Waals surface area contributed by atoms with Gasteiger partial charge in [-0.05, 0) is 56.9 Å². The monoisotopic (exact) mass is 442 g/mol. The van der Waals surface area contributed by atoms with Gasteiger partial charge in [-0.2, -0.15) is 0 Å². The van der Waals surface area contributed by atoms with Crippen LogP contribution in [0.15, 0.2) is 24.3 Å². The summed E-state index contributed by atoms with van der Waals surface area (Å²) < 4.78 is 0. The number of likely N-dealkylation sites (tertiary alicyclic amines) is 1. The maximum absolute atomic E-state index is 13.3. The topological polar surface area (TPSA) is 78.7 Å². The quantitative estimate of drug-likeness (QED) is 0.680. The maximum atomic E-state index is 13.3. The number of nitrogens with one attached hydrogen (secondary N) is 1. The summed E-state index contributed by atoms with van der Waals surface area (Å²) in [6.07, 6.45) is 5.35. The molecule has 1 saturated heterocycles. The van der Waals surface area contributed by atoms with Crippen LogP contribution >= 0.6 is 0 Å². The lowest BCUT2D eigenvalue weighted by molar-refractivity contribution is -0.142. The summed E-state index contributed by atoms with van der Waals surface area (Å²) in [6.45, 7) is 10.7. The Morgan fingerprint density at radius 1 is 1.12 bits per heavy atom. The Morgan fingerprint density at radius 3 is 2.38 bits per heavy atom. The van der Waals surface area contributed by atoms with Crippen molar-refractivity contribution in [2.75, 3.05) is 13.1 Å². The maximum Gasteiger partial charge on any atom is 0.243 e. The third kappa shape index (κ3) is 6.79. The van der Waals surface area contributed by atoms with Crippen molar-refractivity contribution in [2.24, 2.45) is 11.7 Å². The Bertz CT molecular complexity index is 756. The second-order valence-electron chi connectivity index (χ2n) is 10.3. The fourth-order valence-corrected chi connectivity index (χ4v) is 5.20. The highest BCUT2D eigenvalue weighted by Crippen LogP contribution is 2.26. The van der Waals surface area contributed by atoms with Gasteiger partial charge in [0.1, 0.15) is 6.04 Å². The van der Waals surface area contributed by atoms with Gasteiger partial charge < -0.3 is 16.0 Å². The SMILES string of the molecule is CC(=O)N1CCC(N(Cc2ccc(C)cc2)CC(C)C)C[C@@H]1C(=O)NC1CCC(N)CC1. The lowest BCUT2D eigenvalue weighted by Gasteiger charge is -2.43. The number of nitrogens with two attached hydrogens (primary N) is 1. The molecule has 32 heavy (non-hydrogen) atoms. The number of piperidine rings is 1. The molecule has 1 aromatic rings. The summed E-state index contributed by atoms with van der Waals surface area (Å²) in [6, 6.07) is 9.04. The van der Waals surface area contributed by atoms with Crippen molar-refractivity contribution in [2.45, 2.75) is 96.9 Å². The number of nitrogens with zero attached hydrogens (tertiary/aromatic N) is 2. The van der Waals surface area contributed by atoms with Crippen LogP contribution in [0.2, 0.25) is 0 Å². The van der Waals surface area contributed by atoms with E-state index in [0.29, 0.717) is 18.9 Å². The van der Waals surface area contributed by atoms with Crippen LogP contribution in [0.1, 0.15) is 70.4 Å². The molecule has 1 aliphatic carbocycles. The Labute approximate surface area is 193 Å². The van der Waals surface area contributed by atoms with Crippen molar-refractivity contribution < 1.29 is 9.59 Å². The van der Waals surface area contributed by atoms with Crippen molar-refractivity contribution in [3.63, 3.8) is 0 Å². The van der Waals surface area contributed by atoms with E-state index >= 15 is 0 Å². The predicted octanol–water partition coefficient (Wildman–Crippen LogP) is 3.22. The minimum absolute atomic E-state index is 0.00482. The molecule has 1 aromatic carbocycles. The Morgan fingerprint density at radius 2 is 1.78 bits per heavy atom. The Kier molecular flexibility index (Phi) is 8.72. The van der Waals surface area contributed by atoms with Crippen LogP contribution in [-0.2, 0) is 16.1 Å². The first-order valence-corrected chi connectivity index (χ1v) is 12.4. The van der Waals surface area contributed by atoms with Crippen LogP contribution in [0.3, 0.4) is 0 Å². The highest BCUT2D eigenvalue weighted by atomic mass is 16.2. The first kappa shape index (κ1) is 24.7. The number of rotatable bonds is 7. The van der Waals surface area contributed by atoms with Crippen LogP contribution in [-0.4, -0.2) is 58.9 Å². The van der Waals surface area contributed by atoms with Crippen LogP contribution < -0.4 is 11.1 Å². The number of aryl methyl sites for hydroxylation is 1. The predicted molar refractivity (Wildman–Crippen MR) is 129 cm³/mol. The fraction of sp³-hybridized carbons (Fsp3) is 0.692. The van der Waals surface area contributed by atoms with Gasteiger partial charge in [-0.15, -0.1) is 0 Å². The van der Waals surface area contributed by atoms with E-state index in [1.807, 2.05) is 0 Å². The minimum Gasteiger partial charge on any atom is -0.352 e. The third-order valence-corrected chi connectivity index (χ3v) is 7.02. The molecule has 2 atom stereocenters. The van der Waals surface area contributed by atoms with E-state index in [4.69, 9.17) is 5.73 Å². The zero-order valence-corrected chi connectivity index (χ0v) is 20.3. The van der Waals surface area contributed by atoms with E-state index in [0.717, 1.165) is 45.2 Å². The first-order chi connectivity index (χ1) is 15.2. The summed E-state index contributed by atoms with van der Waals surface area (Å²) in [5.74, 6) is 0.526. The fourth-order valence-electron chi connectivity index (χ4n) is 5.20. The first-order valence-electron chi connectivity index (χ1n) is 12.4. The largest absolute Gasteiger partial charge is 0.352 e. The summed E-state index contributed by atoms with van der Waals surface area (Å²) in [5, 5.41) is 3.24. The molecule has 1 saturated carbocycles. The van der Waals surface area contributed by atoms with Gasteiger partial charge in [0.25, 0.3) is 0 Å². The van der Waals surface area contributed by atoms with E-state index in [-0.39, 0.29) is 29.9 Å². The standard InChI is InChI=1S/C26H42N4O2/c1-18(2)16-29(17-21-7-5-19(3)6-8-21)24-13-14-30(20(4)31)25(15-24)26(32)28-23-11-9-22(27)10-12-23/h5-8,18,22-25H,9-17,27H2,1-4H3,(H,28,32)/t22?,23?,24?,25-/m1/s1. The molecule has 6 heteroatoms. The van der Waals surface area contributed by atoms with Crippen LogP contribution in [0.5, 0.6) is 0 Å². The zero-order valence-electron chi connectivity index (χ0n) is 20.3. The summed E-state index contributed by atoms with van der Waals surface area (Å²) in [7, 11) is 0. The van der Waals surface area contributed by atoms with Gasteiger partial charge in [-0.1, -0.05) is 43.7 Å². The number of carbonyl (C=O) groups excluding carboxylic acids is 2. The molecule has 2 fully saturated rings. The van der Waals surface area contributed by atoms with Gasteiger partial charge in [0.15, 0.2) is 0 Å². The van der Waals surface area contributed by atoms with Crippen LogP contribution in [0, 0.1) is 12.8 Å². The third-order valence-electron chi connectivity index (χ3n) is 7.02. The molecule has 0 aromatic heterocycles. The lowest BCUT2D eigenvalue weighted by atomic mass is 9.90. The van der Waals surface area contributed by atoms with Gasteiger partial charge >= 0.3 is 0 Å². The molecule has 1 heterocycles. The molecule has 2 aliphatic rings. The van der Waals surface area contributed by atoms with E-state index in [9.17, 15) is 9.59 Å². The van der Waals surface area contributed by atoms with Crippen LogP contribution in [0.25, 0.3) is 0 Å². The summed E-state index contributed by atoms with van der Waals surface area (Å²) in [5.41, 5.74) is 8.58. The van der Waals surface area contributed by atoms with Gasteiger partial charge in [0.05, 0.1) is 0 Å². The van der Waals surface area contributed by atoms with Gasteiger partial charge in [0.2, 0.25) is 11.8 Å². The molecule has 2 amide bonds. The summed E-state index contributed by atoms with van der Waals surface area (Å²) >= 11 is 0. The Balaban J connectivity index is 1.71. The number of amides is 2. The highest BCUT2D eigenvalue weighted by molar-refractivity contribution is 5.87. The molecule has 0 spiro atoms. The molecule has 1 unspecified atom stereocenters. The highest BCUT2D eigenvalue weighted by Gasteiger charge is 2.38. The molecule has 178 valence electrons. The molecular weight excluding hydrogens is 400 g/mol. The Hall–Kier alpha value is -1.92. The molecule has 6 nitrogen and oxygen atoms in total. The second-order valence-corrected chi connectivity index (χ2v) is 10.3. The van der Waals surface area contributed by atoms with E-state index in [1.54, 1.807) is 11.8 Å². The number of benzene rings is 1. The van der Waals surface area contributed by atoms with Crippen molar-refractivity contribution in [1.29, 1.82) is 0 Å². The van der Waals surface area contributed by atoms with Gasteiger partial charge in [0, 0.05) is 44.7 Å². The molecule has 3 N–H and O–H groups in total. The molecular formula is C26H42N4O2. The number of hydrogen-bond acceptors (Lipinski definition) is 4. The van der Waals surface area contributed by atoms with Crippen LogP contribution in [0.4, 0.5) is 0 Å². The summed E-state index contributed by atoms with van der Waals surface area (Å²) in [4.78, 5) is 29.9. The number of carbonyl (C=O) groups is 2. The normalized spacial score (nSPS) is 26.4. The van der Waals surface area contributed by atoms with Crippen molar-refractivity contribution in [3.05, 3.63) is 35.4 Å². The molecule has 1 aliphatic heterocycles. The molecule has 0 radical (unpaired) electrons. The minimum atomic E-state index is -0.394. The zero-order chi connectivity index (χ0) is 23.3. The van der Waals surface area contributed by atoms with E-state index < -0.39 is 6.04 Å². The van der Waals surface area contributed by atoms with Gasteiger partial charge in [-0.25, -0.2) is 0 Å². The number of hydrogen-bond donors (Lipinski definition) is 2. The molecule has 0 bridgehead atoms. The van der Waals surface area contributed by atoms with E-state index in [2.05, 4.69) is 55.3 Å². The van der Waals surface area contributed by atoms with Crippen molar-refractivity contribution >= 4 is 11.8 Å². The molecule has 3 rings (SSSR count). The average Bonchev–Trinajstić information content (AvgIpc) is 2.75. The van der Waals surface area contributed by atoms with Gasteiger partial charge in [-0.3, -0.25) is 14.5 Å². The van der Waals surface area contributed by atoms with E-state index in [1.165, 1.54) is 11.1 Å². The van der Waals surface area contributed by atoms with Crippen molar-refractivity contribution in [1.82, 2.24) is 15.1 Å². The second kappa shape index (κ2) is 11.3. The average molecular weight is 443 g/mol. The smallest absolute Gasteiger partial charge is 0.243 e. The lowest BCUT2D eigenvalue weighted by Crippen LogP contribution is -2.58.